The predicted octanol–water partition coefficient (Wildman–Crippen LogP) is 3.94. The van der Waals surface area contributed by atoms with E-state index in [1.165, 1.54) is 34.4 Å². The zero-order valence-electron chi connectivity index (χ0n) is 13.1. The predicted molar refractivity (Wildman–Crippen MR) is 98.4 cm³/mol. The maximum atomic E-state index is 13.0. The van der Waals surface area contributed by atoms with Gasteiger partial charge in [0.25, 0.3) is 10.8 Å². The normalized spacial score (nSPS) is 11.2. The van der Waals surface area contributed by atoms with Crippen LogP contribution in [0, 0.1) is 5.82 Å². The summed E-state index contributed by atoms with van der Waals surface area (Å²) in [7, 11) is 0. The van der Waals surface area contributed by atoms with E-state index in [9.17, 15) is 9.18 Å². The smallest absolute Gasteiger partial charge is 0.277 e. The number of fused-ring (bicyclic) bond motifs is 1. The summed E-state index contributed by atoms with van der Waals surface area (Å²) in [6, 6.07) is 10.9. The van der Waals surface area contributed by atoms with Crippen molar-refractivity contribution in [2.24, 2.45) is 0 Å². The van der Waals surface area contributed by atoms with Crippen molar-refractivity contribution in [3.8, 4) is 11.5 Å². The molecule has 4 rings (SSSR count). The first-order chi connectivity index (χ1) is 12.6. The number of benzene rings is 1. The molecule has 0 saturated carbocycles. The number of rotatable bonds is 4. The highest BCUT2D eigenvalue weighted by atomic mass is 79.9. The number of pyridine rings is 1. The monoisotopic (exact) mass is 432 g/mol. The molecule has 0 radical (unpaired) electrons. The quantitative estimate of drug-likeness (QED) is 0.454. The average Bonchev–Trinajstić information content (AvgIpc) is 3.10. The summed E-state index contributed by atoms with van der Waals surface area (Å²) in [4.78, 5) is 16.6. The summed E-state index contributed by atoms with van der Waals surface area (Å²) >= 11 is 4.61. The minimum atomic E-state index is -0.330. The van der Waals surface area contributed by atoms with Gasteiger partial charge in [-0.2, -0.15) is 0 Å². The third-order valence-corrected chi connectivity index (χ3v) is 4.84. The molecule has 0 bridgehead atoms. The van der Waals surface area contributed by atoms with Gasteiger partial charge in [0, 0.05) is 28.1 Å². The van der Waals surface area contributed by atoms with Crippen molar-refractivity contribution in [3.05, 3.63) is 75.0 Å². The van der Waals surface area contributed by atoms with E-state index in [0.717, 1.165) is 4.47 Å². The van der Waals surface area contributed by atoms with E-state index in [0.29, 0.717) is 33.8 Å². The number of hydrogen-bond donors (Lipinski definition) is 0. The Labute approximate surface area is 159 Å². The van der Waals surface area contributed by atoms with E-state index >= 15 is 0 Å². The zero-order valence-corrected chi connectivity index (χ0v) is 15.5. The molecule has 9 heteroatoms. The van der Waals surface area contributed by atoms with Crippen molar-refractivity contribution in [3.63, 3.8) is 0 Å². The summed E-state index contributed by atoms with van der Waals surface area (Å²) in [5.41, 5.74) is 1.65. The Hall–Kier alpha value is -2.52. The number of nitrogens with zero attached hydrogens (tertiary/aromatic N) is 4. The van der Waals surface area contributed by atoms with Crippen molar-refractivity contribution >= 4 is 33.3 Å². The lowest BCUT2D eigenvalue weighted by atomic mass is 10.2. The number of thioether (sulfide) groups is 1. The van der Waals surface area contributed by atoms with Crippen molar-refractivity contribution in [1.29, 1.82) is 0 Å². The van der Waals surface area contributed by atoms with Crippen molar-refractivity contribution < 1.29 is 8.81 Å². The zero-order chi connectivity index (χ0) is 18.1. The molecular weight excluding hydrogens is 423 g/mol. The maximum absolute atomic E-state index is 13.0. The van der Waals surface area contributed by atoms with Crippen LogP contribution in [0.25, 0.3) is 17.1 Å². The van der Waals surface area contributed by atoms with Gasteiger partial charge in [0.15, 0.2) is 0 Å². The van der Waals surface area contributed by atoms with E-state index in [1.54, 1.807) is 24.4 Å². The number of hydrogen-bond acceptors (Lipinski definition) is 6. The Morgan fingerprint density at radius 1 is 1.15 bits per heavy atom. The molecule has 0 atom stereocenters. The van der Waals surface area contributed by atoms with Crippen LogP contribution >= 0.6 is 27.7 Å². The van der Waals surface area contributed by atoms with E-state index in [-0.39, 0.29) is 11.4 Å². The molecule has 6 nitrogen and oxygen atoms in total. The van der Waals surface area contributed by atoms with Crippen LogP contribution in [0.15, 0.2) is 67.6 Å². The molecule has 0 saturated heterocycles. The fourth-order valence-corrected chi connectivity index (χ4v) is 3.31. The molecule has 0 aliphatic heterocycles. The van der Waals surface area contributed by atoms with Crippen molar-refractivity contribution in [2.45, 2.75) is 11.0 Å². The summed E-state index contributed by atoms with van der Waals surface area (Å²) in [6.45, 7) is 0. The minimum absolute atomic E-state index is 0.163. The lowest BCUT2D eigenvalue weighted by Crippen LogP contribution is -2.15. The van der Waals surface area contributed by atoms with Crippen LogP contribution in [0.1, 0.15) is 5.69 Å². The van der Waals surface area contributed by atoms with Crippen molar-refractivity contribution in [1.82, 2.24) is 19.6 Å². The van der Waals surface area contributed by atoms with Crippen LogP contribution in [-0.2, 0) is 5.75 Å². The molecule has 3 heterocycles. The first-order valence-corrected chi connectivity index (χ1v) is 9.26. The Bertz CT molecular complexity index is 1140. The third kappa shape index (κ3) is 3.54. The first kappa shape index (κ1) is 16.9. The topological polar surface area (TPSA) is 73.3 Å². The Kier molecular flexibility index (Phi) is 4.56. The summed E-state index contributed by atoms with van der Waals surface area (Å²) in [6.07, 6.45) is 1.68. The minimum Gasteiger partial charge on any atom is -0.411 e. The highest BCUT2D eigenvalue weighted by Crippen LogP contribution is 2.25. The van der Waals surface area contributed by atoms with Gasteiger partial charge in [-0.15, -0.1) is 10.2 Å². The van der Waals surface area contributed by atoms with Gasteiger partial charge in [0.1, 0.15) is 11.5 Å². The Morgan fingerprint density at radius 3 is 2.77 bits per heavy atom. The summed E-state index contributed by atoms with van der Waals surface area (Å²) in [5, 5.41) is 8.27. The lowest BCUT2D eigenvalue weighted by Gasteiger charge is -2.03. The summed E-state index contributed by atoms with van der Waals surface area (Å²) < 4.78 is 20.8. The second-order valence-electron chi connectivity index (χ2n) is 5.33. The van der Waals surface area contributed by atoms with E-state index < -0.39 is 0 Å². The van der Waals surface area contributed by atoms with Gasteiger partial charge in [0.2, 0.25) is 5.89 Å². The van der Waals surface area contributed by atoms with Crippen LogP contribution in [0.5, 0.6) is 0 Å². The van der Waals surface area contributed by atoms with Gasteiger partial charge in [0.05, 0.1) is 5.69 Å². The number of aromatic nitrogens is 4. The fourth-order valence-electron chi connectivity index (χ4n) is 2.31. The molecule has 26 heavy (non-hydrogen) atoms. The van der Waals surface area contributed by atoms with Gasteiger partial charge in [-0.05, 0) is 52.3 Å². The summed E-state index contributed by atoms with van der Waals surface area (Å²) in [5.74, 6) is 0.389. The third-order valence-electron chi connectivity index (χ3n) is 3.52. The molecular formula is C17H10BrFN4O2S. The molecule has 0 unspecified atom stereocenters. The van der Waals surface area contributed by atoms with Crippen molar-refractivity contribution in [2.75, 3.05) is 0 Å². The van der Waals surface area contributed by atoms with E-state index in [4.69, 9.17) is 4.42 Å². The second kappa shape index (κ2) is 7.00. The largest absolute Gasteiger partial charge is 0.411 e. The highest BCUT2D eigenvalue weighted by Gasteiger charge is 2.11. The molecule has 4 aromatic rings. The van der Waals surface area contributed by atoms with Gasteiger partial charge in [-0.25, -0.2) is 9.37 Å². The molecule has 0 aliphatic rings. The van der Waals surface area contributed by atoms with Crippen LogP contribution < -0.4 is 5.56 Å². The molecule has 0 amide bonds. The second-order valence-corrected chi connectivity index (χ2v) is 7.17. The lowest BCUT2D eigenvalue weighted by molar-refractivity contribution is 0.465. The molecule has 0 N–H and O–H groups in total. The van der Waals surface area contributed by atoms with Crippen LogP contribution in [0.3, 0.4) is 0 Å². The Morgan fingerprint density at radius 2 is 1.96 bits per heavy atom. The number of halogens is 2. The maximum Gasteiger partial charge on any atom is 0.277 e. The molecule has 0 aliphatic carbocycles. The highest BCUT2D eigenvalue weighted by molar-refractivity contribution is 9.10. The fraction of sp³-hybridized carbons (Fsp3) is 0.0588. The SMILES string of the molecule is O=c1cc(CSc2nnc(-c3ccc(F)cc3)o2)nc2ccc(Br)cn12. The molecule has 0 spiro atoms. The first-order valence-electron chi connectivity index (χ1n) is 7.48. The average molecular weight is 433 g/mol. The van der Waals surface area contributed by atoms with Crippen LogP contribution in [0.4, 0.5) is 4.39 Å². The van der Waals surface area contributed by atoms with Crippen LogP contribution in [-0.4, -0.2) is 19.6 Å². The molecule has 130 valence electrons. The molecule has 1 aromatic carbocycles. The van der Waals surface area contributed by atoms with Gasteiger partial charge in [-0.1, -0.05) is 11.8 Å². The van der Waals surface area contributed by atoms with Gasteiger partial charge in [-0.3, -0.25) is 9.20 Å². The van der Waals surface area contributed by atoms with E-state index in [1.807, 2.05) is 6.07 Å². The Balaban J connectivity index is 1.52. The van der Waals surface area contributed by atoms with E-state index in [2.05, 4.69) is 31.1 Å². The molecule has 3 aromatic heterocycles. The van der Waals surface area contributed by atoms with Crippen LogP contribution in [0.2, 0.25) is 0 Å². The van der Waals surface area contributed by atoms with Gasteiger partial charge >= 0.3 is 0 Å². The molecule has 0 fully saturated rings. The standard InChI is InChI=1S/C17H10BrFN4O2S/c18-11-3-6-14-20-13(7-15(24)23(14)8-11)9-26-17-22-21-16(25-17)10-1-4-12(19)5-2-10/h1-8H,9H2. The van der Waals surface area contributed by atoms with Gasteiger partial charge < -0.3 is 4.42 Å².